The molecule has 1 fully saturated rings. The van der Waals surface area contributed by atoms with Gasteiger partial charge in [-0.3, -0.25) is 4.52 Å². The van der Waals surface area contributed by atoms with Gasteiger partial charge < -0.3 is 8.39 Å². The molecule has 3 nitrogen and oxygen atoms in total. The van der Waals surface area contributed by atoms with Crippen molar-refractivity contribution in [3.8, 4) is 0 Å². The SMILES string of the molecule is CC(C)[C@@H]1CC[C@@H](C(C)C)[C@@H](Op2oc3ccc4ccccc4c3c3c(ccc4ccccc43)o2)C1. The van der Waals surface area contributed by atoms with Crippen LogP contribution in [0, 0.1) is 23.7 Å². The molecule has 0 saturated heterocycles. The first-order chi connectivity index (χ1) is 17.5. The number of rotatable bonds is 4. The van der Waals surface area contributed by atoms with Crippen LogP contribution in [0.2, 0.25) is 0 Å². The van der Waals surface area contributed by atoms with Crippen LogP contribution in [0.3, 0.4) is 0 Å². The normalized spacial score (nSPS) is 20.8. The summed E-state index contributed by atoms with van der Waals surface area (Å²) in [4.78, 5) is 0. The summed E-state index contributed by atoms with van der Waals surface area (Å²) in [6.45, 7) is 9.32. The third-order valence-corrected chi connectivity index (χ3v) is 9.42. The molecule has 36 heavy (non-hydrogen) atoms. The van der Waals surface area contributed by atoms with E-state index in [9.17, 15) is 0 Å². The standard InChI is InChI=1S/C32H35O3P/c1-20(2)24-13-16-25(21(3)4)30(19-24)35-36-33-28-17-14-22-9-5-7-11-26(22)31(28)32-27-12-8-6-10-23(27)15-18-29(32)34-36/h5-12,14-15,17-18,20-21,24-25,30H,13,16,19H2,1-4H3/t24-,25+,30+/m1/s1. The minimum absolute atomic E-state index is 0.142. The summed E-state index contributed by atoms with van der Waals surface area (Å²) >= 11 is 0. The fraction of sp³-hybridized carbons (Fsp3) is 0.375. The van der Waals surface area contributed by atoms with Gasteiger partial charge in [-0.25, -0.2) is 0 Å². The summed E-state index contributed by atoms with van der Waals surface area (Å²) in [6.07, 6.45) is 3.70. The Morgan fingerprint density at radius 3 is 1.78 bits per heavy atom. The zero-order valence-corrected chi connectivity index (χ0v) is 22.5. The van der Waals surface area contributed by atoms with E-state index in [0.717, 1.165) is 28.4 Å². The highest BCUT2D eigenvalue weighted by atomic mass is 31.1. The van der Waals surface area contributed by atoms with Crippen LogP contribution in [0.5, 0.6) is 0 Å². The number of fused-ring (bicyclic) bond motifs is 7. The first-order valence-corrected chi connectivity index (χ1v) is 14.5. The van der Waals surface area contributed by atoms with Crippen molar-refractivity contribution in [1.82, 2.24) is 0 Å². The molecule has 1 aliphatic carbocycles. The van der Waals surface area contributed by atoms with Crippen molar-refractivity contribution in [2.24, 2.45) is 23.7 Å². The van der Waals surface area contributed by atoms with Gasteiger partial charge in [0.1, 0.15) is 11.2 Å². The monoisotopic (exact) mass is 498 g/mol. The predicted octanol–water partition coefficient (Wildman–Crippen LogP) is 10.1. The van der Waals surface area contributed by atoms with Crippen molar-refractivity contribution < 1.29 is 12.9 Å². The van der Waals surface area contributed by atoms with Gasteiger partial charge in [-0.05, 0) is 76.6 Å². The van der Waals surface area contributed by atoms with E-state index >= 15 is 0 Å². The van der Waals surface area contributed by atoms with E-state index < -0.39 is 8.24 Å². The van der Waals surface area contributed by atoms with Gasteiger partial charge in [-0.2, -0.15) is 0 Å². The van der Waals surface area contributed by atoms with Crippen LogP contribution in [0.4, 0.5) is 0 Å². The van der Waals surface area contributed by atoms with Crippen LogP contribution in [0.15, 0.2) is 81.2 Å². The lowest BCUT2D eigenvalue weighted by Gasteiger charge is -2.38. The Morgan fingerprint density at radius 2 is 1.25 bits per heavy atom. The number of hydrogen-bond donors (Lipinski definition) is 0. The second-order valence-electron chi connectivity index (χ2n) is 11.1. The summed E-state index contributed by atoms with van der Waals surface area (Å²) in [6, 6.07) is 25.5. The molecule has 0 spiro atoms. The highest BCUT2D eigenvalue weighted by Crippen LogP contribution is 2.44. The summed E-state index contributed by atoms with van der Waals surface area (Å²) < 4.78 is 20.1. The summed E-state index contributed by atoms with van der Waals surface area (Å²) in [5, 5.41) is 6.92. The predicted molar refractivity (Wildman–Crippen MR) is 152 cm³/mol. The van der Waals surface area contributed by atoms with Gasteiger partial charge >= 0.3 is 8.24 Å². The van der Waals surface area contributed by atoms with Crippen molar-refractivity contribution in [3.63, 3.8) is 0 Å². The topological polar surface area (TPSA) is 35.5 Å². The molecule has 3 atom stereocenters. The Balaban J connectivity index is 1.60. The lowest BCUT2D eigenvalue weighted by molar-refractivity contribution is 0.0561. The van der Waals surface area contributed by atoms with Crippen LogP contribution in [-0.4, -0.2) is 6.10 Å². The van der Waals surface area contributed by atoms with Crippen molar-refractivity contribution in [2.75, 3.05) is 0 Å². The van der Waals surface area contributed by atoms with Crippen LogP contribution in [-0.2, 0) is 0 Å². The van der Waals surface area contributed by atoms with E-state index in [4.69, 9.17) is 12.9 Å². The molecule has 0 bridgehead atoms. The van der Waals surface area contributed by atoms with Gasteiger partial charge in [0.25, 0.3) is 0 Å². The first kappa shape index (κ1) is 23.6. The van der Waals surface area contributed by atoms with Crippen molar-refractivity contribution in [2.45, 2.75) is 53.1 Å². The van der Waals surface area contributed by atoms with E-state index in [-0.39, 0.29) is 6.10 Å². The maximum atomic E-state index is 6.82. The van der Waals surface area contributed by atoms with Crippen molar-refractivity contribution in [1.29, 1.82) is 0 Å². The molecule has 1 saturated carbocycles. The van der Waals surface area contributed by atoms with Crippen molar-refractivity contribution >= 4 is 51.7 Å². The highest BCUT2D eigenvalue weighted by molar-refractivity contribution is 7.31. The van der Waals surface area contributed by atoms with E-state index in [1.807, 2.05) is 0 Å². The Bertz CT molecular complexity index is 1480. The largest absolute Gasteiger partial charge is 0.399 e. The molecule has 0 amide bonds. The molecule has 1 heterocycles. The van der Waals surface area contributed by atoms with Gasteiger partial charge in [0.2, 0.25) is 0 Å². The molecule has 4 aromatic carbocycles. The fourth-order valence-electron chi connectivity index (χ4n) is 6.18. The highest BCUT2D eigenvalue weighted by Gasteiger charge is 2.35. The lowest BCUT2D eigenvalue weighted by atomic mass is 9.72. The molecule has 186 valence electrons. The quantitative estimate of drug-likeness (QED) is 0.247. The molecule has 0 aliphatic heterocycles. The van der Waals surface area contributed by atoms with Crippen LogP contribution in [0.25, 0.3) is 43.5 Å². The van der Waals surface area contributed by atoms with Crippen LogP contribution in [0.1, 0.15) is 47.0 Å². The van der Waals surface area contributed by atoms with Crippen LogP contribution >= 0.6 is 8.24 Å². The summed E-state index contributed by atoms with van der Waals surface area (Å²) in [5.74, 6) is 2.43. The van der Waals surface area contributed by atoms with E-state index in [1.165, 1.54) is 34.4 Å². The van der Waals surface area contributed by atoms with Gasteiger partial charge in [-0.15, -0.1) is 0 Å². The van der Waals surface area contributed by atoms with Gasteiger partial charge in [0, 0.05) is 10.8 Å². The fourth-order valence-corrected chi connectivity index (χ4v) is 7.39. The van der Waals surface area contributed by atoms with Gasteiger partial charge in [-0.1, -0.05) is 88.4 Å². The Kier molecular flexibility index (Phi) is 6.32. The van der Waals surface area contributed by atoms with E-state index in [1.54, 1.807) is 0 Å². The third kappa shape index (κ3) is 4.23. The number of benzene rings is 4. The van der Waals surface area contributed by atoms with Gasteiger partial charge in [0.15, 0.2) is 0 Å². The Hall–Kier alpha value is -2.74. The molecule has 0 N–H and O–H groups in total. The Labute approximate surface area is 214 Å². The second kappa shape index (κ2) is 9.61. The maximum Gasteiger partial charge on any atom is 0.387 e. The zero-order valence-electron chi connectivity index (χ0n) is 21.6. The second-order valence-corrected chi connectivity index (χ2v) is 12.1. The molecule has 4 heteroatoms. The van der Waals surface area contributed by atoms with Crippen molar-refractivity contribution in [3.05, 3.63) is 72.8 Å². The summed E-state index contributed by atoms with van der Waals surface area (Å²) in [7, 11) is -1.59. The third-order valence-electron chi connectivity index (χ3n) is 8.28. The minimum atomic E-state index is -1.59. The lowest BCUT2D eigenvalue weighted by Crippen LogP contribution is -2.37. The zero-order chi connectivity index (χ0) is 24.8. The first-order valence-electron chi connectivity index (χ1n) is 13.4. The smallest absolute Gasteiger partial charge is 0.387 e. The average molecular weight is 499 g/mol. The molecule has 0 radical (unpaired) electrons. The number of hydrogen-bond acceptors (Lipinski definition) is 3. The van der Waals surface area contributed by atoms with E-state index in [2.05, 4.69) is 100 Å². The summed E-state index contributed by atoms with van der Waals surface area (Å²) in [5.41, 5.74) is 1.68. The minimum Gasteiger partial charge on any atom is -0.399 e. The van der Waals surface area contributed by atoms with Crippen LogP contribution < -0.4 is 4.52 Å². The molecule has 0 unspecified atom stereocenters. The molecule has 1 aliphatic rings. The van der Waals surface area contributed by atoms with Gasteiger partial charge in [0.05, 0.1) is 6.10 Å². The van der Waals surface area contributed by atoms with E-state index in [0.29, 0.717) is 23.7 Å². The molecular weight excluding hydrogens is 463 g/mol. The molecular formula is C32H35O3P. The Morgan fingerprint density at radius 1 is 0.694 bits per heavy atom. The molecule has 5 aromatic rings. The molecule has 1 aromatic heterocycles. The molecule has 6 rings (SSSR count). The maximum absolute atomic E-state index is 6.82. The average Bonchev–Trinajstić information content (AvgIpc) is 3.05.